The van der Waals surface area contributed by atoms with E-state index in [1.54, 1.807) is 36.4 Å². The SMILES string of the molecule is Nc1ccc(OC(=O)c2ccc(NC3=C(Cl)C(=O)N(c4cc(Cl)ccc4Cl)C3=O)cc2)cc1. The summed E-state index contributed by atoms with van der Waals surface area (Å²) < 4.78 is 5.29. The standard InChI is InChI=1S/C23H14Cl3N3O4/c24-13-3-10-17(25)18(11-13)29-21(30)19(26)20(22(29)31)28-15-6-1-12(2-7-15)23(32)33-16-8-4-14(27)5-9-16/h1-11,28H,27H2. The fourth-order valence-electron chi connectivity index (χ4n) is 3.02. The van der Waals surface area contributed by atoms with Crippen molar-refractivity contribution in [1.82, 2.24) is 0 Å². The van der Waals surface area contributed by atoms with Crippen LogP contribution in [0.3, 0.4) is 0 Å². The predicted molar refractivity (Wildman–Crippen MR) is 128 cm³/mol. The molecule has 0 saturated carbocycles. The van der Waals surface area contributed by atoms with Crippen LogP contribution in [0, 0.1) is 0 Å². The van der Waals surface area contributed by atoms with Gasteiger partial charge in [-0.25, -0.2) is 9.69 Å². The number of carbonyl (C=O) groups excluding carboxylic acids is 3. The second kappa shape index (κ2) is 9.15. The normalized spacial score (nSPS) is 13.5. The Morgan fingerprint density at radius 3 is 2.21 bits per heavy atom. The quantitative estimate of drug-likeness (QED) is 0.214. The minimum absolute atomic E-state index is 0.120. The molecule has 0 bridgehead atoms. The van der Waals surface area contributed by atoms with E-state index < -0.39 is 17.8 Å². The first-order chi connectivity index (χ1) is 15.7. The lowest BCUT2D eigenvalue weighted by atomic mass is 10.2. The van der Waals surface area contributed by atoms with Gasteiger partial charge in [-0.3, -0.25) is 9.59 Å². The molecule has 0 unspecified atom stereocenters. The topological polar surface area (TPSA) is 102 Å². The highest BCUT2D eigenvalue weighted by Gasteiger charge is 2.40. The summed E-state index contributed by atoms with van der Waals surface area (Å²) in [6.07, 6.45) is 0. The number of esters is 1. The third-order valence-corrected chi connectivity index (χ3v) is 5.56. The van der Waals surface area contributed by atoms with Gasteiger partial charge < -0.3 is 15.8 Å². The average molecular weight is 503 g/mol. The second-order valence-corrected chi connectivity index (χ2v) is 8.11. The first-order valence-corrected chi connectivity index (χ1v) is 10.6. The highest BCUT2D eigenvalue weighted by Crippen LogP contribution is 2.35. The monoisotopic (exact) mass is 501 g/mol. The number of rotatable bonds is 5. The molecule has 4 rings (SSSR count). The Labute approximate surface area is 203 Å². The van der Waals surface area contributed by atoms with E-state index in [4.69, 9.17) is 45.3 Å². The van der Waals surface area contributed by atoms with Crippen LogP contribution in [0.4, 0.5) is 17.1 Å². The summed E-state index contributed by atoms with van der Waals surface area (Å²) in [7, 11) is 0. The van der Waals surface area contributed by atoms with Crippen molar-refractivity contribution < 1.29 is 19.1 Å². The Morgan fingerprint density at radius 1 is 0.879 bits per heavy atom. The van der Waals surface area contributed by atoms with E-state index in [1.807, 2.05) is 0 Å². The summed E-state index contributed by atoms with van der Waals surface area (Å²) in [4.78, 5) is 38.7. The van der Waals surface area contributed by atoms with E-state index in [0.717, 1.165) is 4.90 Å². The van der Waals surface area contributed by atoms with Crippen LogP contribution in [-0.2, 0) is 9.59 Å². The largest absolute Gasteiger partial charge is 0.423 e. The fourth-order valence-corrected chi connectivity index (χ4v) is 3.60. The summed E-state index contributed by atoms with van der Waals surface area (Å²) in [6, 6.07) is 16.9. The van der Waals surface area contributed by atoms with Gasteiger partial charge in [0.05, 0.1) is 16.3 Å². The van der Waals surface area contributed by atoms with Gasteiger partial charge in [0.25, 0.3) is 11.8 Å². The summed E-state index contributed by atoms with van der Waals surface area (Å²) in [5.41, 5.74) is 6.86. The Kier molecular flexibility index (Phi) is 6.29. The van der Waals surface area contributed by atoms with Crippen molar-refractivity contribution in [1.29, 1.82) is 0 Å². The molecule has 7 nitrogen and oxygen atoms in total. The molecule has 0 spiro atoms. The number of nitrogen functional groups attached to an aromatic ring is 1. The van der Waals surface area contributed by atoms with Gasteiger partial charge in [0.1, 0.15) is 16.5 Å². The molecule has 3 aromatic rings. The van der Waals surface area contributed by atoms with E-state index in [9.17, 15) is 14.4 Å². The molecule has 0 aliphatic carbocycles. The molecule has 3 aromatic carbocycles. The highest BCUT2D eigenvalue weighted by atomic mass is 35.5. The van der Waals surface area contributed by atoms with E-state index in [2.05, 4.69) is 5.32 Å². The Bertz CT molecular complexity index is 1310. The van der Waals surface area contributed by atoms with Gasteiger partial charge in [-0.1, -0.05) is 34.8 Å². The molecule has 166 valence electrons. The zero-order valence-corrected chi connectivity index (χ0v) is 18.9. The van der Waals surface area contributed by atoms with Crippen molar-refractivity contribution in [3.63, 3.8) is 0 Å². The van der Waals surface area contributed by atoms with Gasteiger partial charge in [0.15, 0.2) is 0 Å². The summed E-state index contributed by atoms with van der Waals surface area (Å²) >= 11 is 18.3. The maximum absolute atomic E-state index is 12.9. The third-order valence-electron chi connectivity index (χ3n) is 4.66. The highest BCUT2D eigenvalue weighted by molar-refractivity contribution is 6.54. The predicted octanol–water partition coefficient (Wildman–Crippen LogP) is 5.23. The van der Waals surface area contributed by atoms with Crippen LogP contribution in [0.5, 0.6) is 5.75 Å². The zero-order valence-electron chi connectivity index (χ0n) is 16.6. The molecule has 3 N–H and O–H groups in total. The molecule has 2 amide bonds. The van der Waals surface area contributed by atoms with Gasteiger partial charge in [-0.15, -0.1) is 0 Å². The van der Waals surface area contributed by atoms with Crippen LogP contribution in [0.1, 0.15) is 10.4 Å². The molecule has 1 heterocycles. The molecule has 10 heteroatoms. The van der Waals surface area contributed by atoms with Crippen LogP contribution >= 0.6 is 34.8 Å². The first kappa shape index (κ1) is 22.7. The number of halogens is 3. The minimum Gasteiger partial charge on any atom is -0.423 e. The number of ether oxygens (including phenoxy) is 1. The average Bonchev–Trinajstić information content (AvgIpc) is 3.00. The van der Waals surface area contributed by atoms with Crippen molar-refractivity contribution in [2.45, 2.75) is 0 Å². The van der Waals surface area contributed by atoms with Crippen LogP contribution < -0.4 is 20.7 Å². The number of benzene rings is 3. The van der Waals surface area contributed by atoms with Crippen molar-refractivity contribution in [3.8, 4) is 5.75 Å². The molecule has 0 aromatic heterocycles. The molecule has 0 fully saturated rings. The van der Waals surface area contributed by atoms with Crippen molar-refractivity contribution in [3.05, 3.63) is 93.1 Å². The Hall–Kier alpha value is -3.52. The van der Waals surface area contributed by atoms with E-state index in [1.165, 1.54) is 30.3 Å². The molecule has 0 saturated heterocycles. The van der Waals surface area contributed by atoms with Crippen LogP contribution in [0.25, 0.3) is 0 Å². The van der Waals surface area contributed by atoms with Crippen LogP contribution in [0.2, 0.25) is 10.0 Å². The molecular weight excluding hydrogens is 489 g/mol. The van der Waals surface area contributed by atoms with Gasteiger partial charge >= 0.3 is 5.97 Å². The third kappa shape index (κ3) is 4.66. The maximum Gasteiger partial charge on any atom is 0.343 e. The molecule has 1 aliphatic heterocycles. The number of nitrogens with one attached hydrogen (secondary N) is 1. The van der Waals surface area contributed by atoms with E-state index in [0.29, 0.717) is 22.1 Å². The number of imide groups is 1. The summed E-state index contributed by atoms with van der Waals surface area (Å²) in [5.74, 6) is -1.65. The lowest BCUT2D eigenvalue weighted by Gasteiger charge is -2.17. The Balaban J connectivity index is 1.50. The molecule has 33 heavy (non-hydrogen) atoms. The fraction of sp³-hybridized carbons (Fsp3) is 0. The first-order valence-electron chi connectivity index (χ1n) is 9.43. The lowest BCUT2D eigenvalue weighted by Crippen LogP contribution is -2.32. The summed E-state index contributed by atoms with van der Waals surface area (Å²) in [5, 5.41) is 2.98. The number of carbonyl (C=O) groups is 3. The van der Waals surface area contributed by atoms with Crippen LogP contribution in [0.15, 0.2) is 77.5 Å². The molecular formula is C23H14Cl3N3O4. The number of nitrogens with zero attached hydrogens (tertiary/aromatic N) is 1. The van der Waals surface area contributed by atoms with Crippen molar-refractivity contribution in [2.75, 3.05) is 16.0 Å². The molecule has 1 aliphatic rings. The number of nitrogens with two attached hydrogens (primary N) is 1. The Morgan fingerprint density at radius 2 is 1.55 bits per heavy atom. The molecule has 0 radical (unpaired) electrons. The van der Waals surface area contributed by atoms with Gasteiger partial charge in [-0.05, 0) is 66.7 Å². The smallest absolute Gasteiger partial charge is 0.343 e. The minimum atomic E-state index is -0.739. The number of hydrogen-bond acceptors (Lipinski definition) is 6. The molecule has 0 atom stereocenters. The van der Waals surface area contributed by atoms with E-state index in [-0.39, 0.29) is 27.0 Å². The lowest BCUT2D eigenvalue weighted by molar-refractivity contribution is -0.120. The van der Waals surface area contributed by atoms with Gasteiger partial charge in [0, 0.05) is 16.4 Å². The van der Waals surface area contributed by atoms with Crippen LogP contribution in [-0.4, -0.2) is 17.8 Å². The number of hydrogen-bond donors (Lipinski definition) is 2. The van der Waals surface area contributed by atoms with Gasteiger partial charge in [0.2, 0.25) is 0 Å². The maximum atomic E-state index is 12.9. The van der Waals surface area contributed by atoms with Crippen molar-refractivity contribution in [2.24, 2.45) is 0 Å². The number of amides is 2. The van der Waals surface area contributed by atoms with Gasteiger partial charge in [-0.2, -0.15) is 0 Å². The zero-order chi connectivity index (χ0) is 23.7. The van der Waals surface area contributed by atoms with Crippen molar-refractivity contribution >= 4 is 69.6 Å². The second-order valence-electron chi connectivity index (χ2n) is 6.89. The van der Waals surface area contributed by atoms with E-state index >= 15 is 0 Å². The summed E-state index contributed by atoms with van der Waals surface area (Å²) in [6.45, 7) is 0. The number of anilines is 3.